The number of hydrogen-bond donors (Lipinski definition) is 2. The normalized spacial score (nSPS) is 19.3. The molecule has 0 radical (unpaired) electrons. The van der Waals surface area contributed by atoms with Crippen LogP contribution in [-0.2, 0) is 11.2 Å². The van der Waals surface area contributed by atoms with E-state index in [4.69, 9.17) is 4.74 Å². The van der Waals surface area contributed by atoms with E-state index in [0.29, 0.717) is 5.92 Å². The van der Waals surface area contributed by atoms with Crippen LogP contribution in [-0.4, -0.2) is 48.6 Å². The molecule has 32 heavy (non-hydrogen) atoms. The molecule has 1 aromatic heterocycles. The van der Waals surface area contributed by atoms with Crippen molar-refractivity contribution in [3.8, 4) is 5.69 Å². The lowest BCUT2D eigenvalue weighted by Gasteiger charge is -2.40. The number of guanidine groups is 1. The first-order valence-corrected chi connectivity index (χ1v) is 11.5. The summed E-state index contributed by atoms with van der Waals surface area (Å²) in [5, 5.41) is 11.6. The number of nitrogens with one attached hydrogen (secondary N) is 2. The number of aliphatic imine (C=N–C) groups is 1. The first kappa shape index (κ1) is 26.6. The Morgan fingerprint density at radius 1 is 1.22 bits per heavy atom. The number of hydrogen-bond acceptors (Lipinski definition) is 3. The van der Waals surface area contributed by atoms with Crippen LogP contribution in [0.25, 0.3) is 5.69 Å². The van der Waals surface area contributed by atoms with Crippen molar-refractivity contribution < 1.29 is 4.74 Å². The van der Waals surface area contributed by atoms with Crippen molar-refractivity contribution in [1.29, 1.82) is 0 Å². The summed E-state index contributed by atoms with van der Waals surface area (Å²) in [6.45, 7) is 11.5. The Morgan fingerprint density at radius 3 is 2.66 bits per heavy atom. The number of nitrogens with zero attached hydrogens (tertiary/aromatic N) is 3. The van der Waals surface area contributed by atoms with Gasteiger partial charge in [-0.25, -0.2) is 4.68 Å². The first-order valence-electron chi connectivity index (χ1n) is 11.5. The maximum Gasteiger partial charge on any atom is 0.190 e. The second-order valence-corrected chi connectivity index (χ2v) is 9.56. The monoisotopic (exact) mass is 553 g/mol. The van der Waals surface area contributed by atoms with Gasteiger partial charge in [-0.2, -0.15) is 5.10 Å². The van der Waals surface area contributed by atoms with Crippen LogP contribution in [0.2, 0.25) is 0 Å². The predicted molar refractivity (Wildman–Crippen MR) is 143 cm³/mol. The van der Waals surface area contributed by atoms with E-state index in [0.717, 1.165) is 56.3 Å². The second kappa shape index (κ2) is 12.6. The fourth-order valence-electron chi connectivity index (χ4n) is 4.40. The van der Waals surface area contributed by atoms with E-state index in [9.17, 15) is 0 Å². The maximum atomic E-state index is 6.11. The summed E-state index contributed by atoms with van der Waals surface area (Å²) in [5.74, 6) is 1.38. The first-order chi connectivity index (χ1) is 14.9. The van der Waals surface area contributed by atoms with Gasteiger partial charge in [-0.05, 0) is 55.7 Å². The molecule has 7 heteroatoms. The molecule has 1 aliphatic rings. The van der Waals surface area contributed by atoms with Crippen molar-refractivity contribution in [3.63, 3.8) is 0 Å². The van der Waals surface area contributed by atoms with Gasteiger partial charge in [0.25, 0.3) is 0 Å². The molecular formula is C25H40IN5O. The molecule has 2 unspecified atom stereocenters. The van der Waals surface area contributed by atoms with E-state index in [1.807, 2.05) is 29.9 Å². The van der Waals surface area contributed by atoms with Gasteiger partial charge in [0.05, 0.1) is 17.5 Å². The third kappa shape index (κ3) is 7.47. The van der Waals surface area contributed by atoms with E-state index in [1.54, 1.807) is 0 Å². The Balaban J connectivity index is 0.00000363. The van der Waals surface area contributed by atoms with Gasteiger partial charge < -0.3 is 15.4 Å². The average molecular weight is 554 g/mol. The zero-order chi connectivity index (χ0) is 22.3. The third-order valence-electron chi connectivity index (χ3n) is 5.99. The molecule has 0 amide bonds. The number of aryl methyl sites for hydroxylation is 2. The zero-order valence-corrected chi connectivity index (χ0v) is 22.6. The molecule has 0 spiro atoms. The van der Waals surface area contributed by atoms with Crippen LogP contribution in [0.3, 0.4) is 0 Å². The molecule has 6 nitrogen and oxygen atoms in total. The average Bonchev–Trinajstić information content (AvgIpc) is 3.14. The lowest BCUT2D eigenvalue weighted by molar-refractivity contribution is -0.0835. The largest absolute Gasteiger partial charge is 0.377 e. The molecule has 2 N–H and O–H groups in total. The van der Waals surface area contributed by atoms with Crippen LogP contribution in [0.1, 0.15) is 51.3 Å². The van der Waals surface area contributed by atoms with Gasteiger partial charge in [0.1, 0.15) is 0 Å². The van der Waals surface area contributed by atoms with Crippen LogP contribution < -0.4 is 10.6 Å². The summed E-state index contributed by atoms with van der Waals surface area (Å²) in [6, 6.07) is 10.3. The molecule has 1 aliphatic heterocycles. The Kier molecular flexibility index (Phi) is 10.5. The summed E-state index contributed by atoms with van der Waals surface area (Å²) in [7, 11) is 1.84. The smallest absolute Gasteiger partial charge is 0.190 e. The van der Waals surface area contributed by atoms with Crippen LogP contribution in [0.4, 0.5) is 0 Å². The number of halogens is 1. The summed E-state index contributed by atoms with van der Waals surface area (Å²) in [4.78, 5) is 4.40. The van der Waals surface area contributed by atoms with E-state index in [-0.39, 0.29) is 35.5 Å². The summed E-state index contributed by atoms with van der Waals surface area (Å²) in [6.07, 6.45) is 6.80. The van der Waals surface area contributed by atoms with Crippen molar-refractivity contribution in [2.24, 2.45) is 16.3 Å². The third-order valence-corrected chi connectivity index (χ3v) is 5.99. The van der Waals surface area contributed by atoms with Gasteiger partial charge >= 0.3 is 0 Å². The summed E-state index contributed by atoms with van der Waals surface area (Å²) >= 11 is 0. The highest BCUT2D eigenvalue weighted by molar-refractivity contribution is 14.0. The van der Waals surface area contributed by atoms with Crippen molar-refractivity contribution in [1.82, 2.24) is 20.4 Å². The molecule has 2 heterocycles. The Bertz CT molecular complexity index is 844. The minimum atomic E-state index is 0. The van der Waals surface area contributed by atoms with Gasteiger partial charge in [0.2, 0.25) is 0 Å². The predicted octanol–water partition coefficient (Wildman–Crippen LogP) is 4.74. The highest BCUT2D eigenvalue weighted by Crippen LogP contribution is 2.33. The fourth-order valence-corrected chi connectivity index (χ4v) is 4.40. The minimum Gasteiger partial charge on any atom is -0.377 e. The maximum absolute atomic E-state index is 6.11. The highest BCUT2D eigenvalue weighted by atomic mass is 127. The Labute approximate surface area is 210 Å². The zero-order valence-electron chi connectivity index (χ0n) is 20.2. The fraction of sp³-hybridized carbons (Fsp3) is 0.600. The van der Waals surface area contributed by atoms with Gasteiger partial charge in [-0.1, -0.05) is 39.0 Å². The number of benzene rings is 1. The summed E-state index contributed by atoms with van der Waals surface area (Å²) in [5.41, 5.74) is 3.64. The van der Waals surface area contributed by atoms with Gasteiger partial charge in [0, 0.05) is 38.9 Å². The molecule has 0 bridgehead atoms. The van der Waals surface area contributed by atoms with Gasteiger partial charge in [0.15, 0.2) is 5.96 Å². The molecule has 0 saturated carbocycles. The molecule has 2 atom stereocenters. The van der Waals surface area contributed by atoms with Crippen LogP contribution in [0.5, 0.6) is 0 Å². The SMILES string of the molecule is CN=C(NCCCc1cn(-c2ccccc2)nc1C)NCC1CCCOC1C(C)(C)C.I. The Morgan fingerprint density at radius 2 is 1.97 bits per heavy atom. The topological polar surface area (TPSA) is 63.5 Å². The number of aromatic nitrogens is 2. The molecule has 0 aliphatic carbocycles. The number of para-hydroxylation sites is 1. The summed E-state index contributed by atoms with van der Waals surface area (Å²) < 4.78 is 8.07. The van der Waals surface area contributed by atoms with Crippen LogP contribution >= 0.6 is 24.0 Å². The second-order valence-electron chi connectivity index (χ2n) is 9.56. The lowest BCUT2D eigenvalue weighted by atomic mass is 9.78. The molecule has 3 rings (SSSR count). The van der Waals surface area contributed by atoms with Gasteiger partial charge in [-0.15, -0.1) is 24.0 Å². The van der Waals surface area contributed by atoms with E-state index in [2.05, 4.69) is 66.7 Å². The quantitative estimate of drug-likeness (QED) is 0.225. The van der Waals surface area contributed by atoms with Gasteiger partial charge in [-0.3, -0.25) is 4.99 Å². The van der Waals surface area contributed by atoms with Crippen molar-refractivity contribution in [2.45, 2.75) is 59.5 Å². The highest BCUT2D eigenvalue weighted by Gasteiger charge is 2.35. The van der Waals surface area contributed by atoms with E-state index >= 15 is 0 Å². The molecule has 1 aromatic carbocycles. The molecule has 1 saturated heterocycles. The minimum absolute atomic E-state index is 0. The standard InChI is InChI=1S/C25H39N5O.HI/c1-19-21(18-30(29-19)22-13-7-6-8-14-22)11-9-15-27-24(26-5)28-17-20-12-10-16-31-23(20)25(2,3)4;/h6-8,13-14,18,20,23H,9-12,15-17H2,1-5H3,(H2,26,27,28);1H. The van der Waals surface area contributed by atoms with Crippen LogP contribution in [0.15, 0.2) is 41.5 Å². The molecule has 178 valence electrons. The molecule has 2 aromatic rings. The molecular weight excluding hydrogens is 513 g/mol. The Hall–Kier alpha value is -1.61. The van der Waals surface area contributed by atoms with Crippen molar-refractivity contribution in [2.75, 3.05) is 26.7 Å². The van der Waals surface area contributed by atoms with Crippen LogP contribution in [0, 0.1) is 18.3 Å². The van der Waals surface area contributed by atoms with Crippen molar-refractivity contribution in [3.05, 3.63) is 47.8 Å². The van der Waals surface area contributed by atoms with E-state index < -0.39 is 0 Å². The van der Waals surface area contributed by atoms with E-state index in [1.165, 1.54) is 12.0 Å². The number of rotatable bonds is 7. The molecule has 1 fully saturated rings. The van der Waals surface area contributed by atoms with Crippen molar-refractivity contribution >= 4 is 29.9 Å². The lowest BCUT2D eigenvalue weighted by Crippen LogP contribution is -2.47. The number of ether oxygens (including phenoxy) is 1.